The normalized spacial score (nSPS) is 10.0. The molecule has 0 bridgehead atoms. The molecule has 0 saturated carbocycles. The third-order valence-electron chi connectivity index (χ3n) is 2.04. The number of benzene rings is 1. The predicted molar refractivity (Wildman–Crippen MR) is 62.9 cm³/mol. The van der Waals surface area contributed by atoms with Gasteiger partial charge in [-0.15, -0.1) is 0 Å². The van der Waals surface area contributed by atoms with Crippen LogP contribution in [-0.4, -0.2) is 12.4 Å². The Bertz CT molecular complexity index is 352. The summed E-state index contributed by atoms with van der Waals surface area (Å²) in [5, 5.41) is 7.81. The van der Waals surface area contributed by atoms with Crippen molar-refractivity contribution in [2.45, 2.75) is 19.8 Å². The highest BCUT2D eigenvalue weighted by Gasteiger charge is 2.01. The van der Waals surface area contributed by atoms with Crippen LogP contribution < -0.4 is 10.5 Å². The molecule has 0 amide bonds. The lowest BCUT2D eigenvalue weighted by molar-refractivity contribution is 0.328. The molecule has 4 heteroatoms. The van der Waals surface area contributed by atoms with Gasteiger partial charge in [0.25, 0.3) is 0 Å². The molecule has 0 aliphatic heterocycles. The van der Waals surface area contributed by atoms with Crippen molar-refractivity contribution in [2.24, 2.45) is 5.73 Å². The summed E-state index contributed by atoms with van der Waals surface area (Å²) in [5.41, 5.74) is 6.29. The second-order valence-corrected chi connectivity index (χ2v) is 3.64. The molecule has 0 heterocycles. The van der Waals surface area contributed by atoms with Gasteiger partial charge in [-0.3, -0.25) is 5.41 Å². The summed E-state index contributed by atoms with van der Waals surface area (Å²) in [5.74, 6) is 0.914. The maximum absolute atomic E-state index is 7.05. The van der Waals surface area contributed by atoms with Crippen LogP contribution >= 0.6 is 11.6 Å². The van der Waals surface area contributed by atoms with Crippen molar-refractivity contribution in [1.82, 2.24) is 0 Å². The van der Waals surface area contributed by atoms with Crippen LogP contribution in [0.5, 0.6) is 5.75 Å². The van der Waals surface area contributed by atoms with Crippen LogP contribution in [0.4, 0.5) is 0 Å². The minimum absolute atomic E-state index is 0.139. The molecule has 0 aliphatic rings. The first-order valence-electron chi connectivity index (χ1n) is 4.87. The number of hydrogen-bond donors (Lipinski definition) is 2. The van der Waals surface area contributed by atoms with Crippen molar-refractivity contribution in [2.75, 3.05) is 6.61 Å². The van der Waals surface area contributed by atoms with Crippen molar-refractivity contribution in [3.63, 3.8) is 0 Å². The van der Waals surface area contributed by atoms with Crippen LogP contribution in [0.15, 0.2) is 18.2 Å². The fraction of sp³-hybridized carbons (Fsp3) is 0.364. The van der Waals surface area contributed by atoms with Crippen molar-refractivity contribution in [3.05, 3.63) is 28.8 Å². The van der Waals surface area contributed by atoms with Crippen LogP contribution in [0.2, 0.25) is 5.02 Å². The van der Waals surface area contributed by atoms with E-state index in [0.717, 1.165) is 22.8 Å². The van der Waals surface area contributed by atoms with Crippen LogP contribution in [0, 0.1) is 5.41 Å². The van der Waals surface area contributed by atoms with E-state index in [1.807, 2.05) is 25.1 Å². The summed E-state index contributed by atoms with van der Waals surface area (Å²) in [7, 11) is 0. The van der Waals surface area contributed by atoms with Gasteiger partial charge in [-0.05, 0) is 30.2 Å². The lowest BCUT2D eigenvalue weighted by Gasteiger charge is -2.08. The molecule has 0 aliphatic carbocycles. The summed E-state index contributed by atoms with van der Waals surface area (Å²) in [6.07, 6.45) is 1.33. The van der Waals surface area contributed by atoms with Crippen molar-refractivity contribution in [3.8, 4) is 5.75 Å². The van der Waals surface area contributed by atoms with E-state index in [-0.39, 0.29) is 5.84 Å². The number of aryl methyl sites for hydroxylation is 1. The molecule has 3 N–H and O–H groups in total. The molecule has 0 fully saturated rings. The van der Waals surface area contributed by atoms with E-state index < -0.39 is 0 Å². The first-order chi connectivity index (χ1) is 7.13. The topological polar surface area (TPSA) is 59.1 Å². The second-order valence-electron chi connectivity index (χ2n) is 3.23. The monoisotopic (exact) mass is 226 g/mol. The Morgan fingerprint density at radius 2 is 2.27 bits per heavy atom. The minimum Gasteiger partial charge on any atom is -0.493 e. The van der Waals surface area contributed by atoms with Crippen LogP contribution in [0.25, 0.3) is 0 Å². The highest BCUT2D eigenvalue weighted by Crippen LogP contribution is 2.22. The number of rotatable bonds is 5. The number of hydrogen-bond acceptors (Lipinski definition) is 2. The van der Waals surface area contributed by atoms with E-state index in [0.29, 0.717) is 13.0 Å². The van der Waals surface area contributed by atoms with Gasteiger partial charge in [0, 0.05) is 11.4 Å². The molecule has 15 heavy (non-hydrogen) atoms. The first-order valence-corrected chi connectivity index (χ1v) is 5.25. The largest absolute Gasteiger partial charge is 0.493 e. The van der Waals surface area contributed by atoms with Crippen LogP contribution in [-0.2, 0) is 6.42 Å². The van der Waals surface area contributed by atoms with Crippen molar-refractivity contribution in [1.29, 1.82) is 5.41 Å². The number of halogens is 1. The highest BCUT2D eigenvalue weighted by atomic mass is 35.5. The van der Waals surface area contributed by atoms with Crippen molar-refractivity contribution >= 4 is 17.4 Å². The van der Waals surface area contributed by atoms with E-state index in [9.17, 15) is 0 Å². The Labute approximate surface area is 94.7 Å². The summed E-state index contributed by atoms with van der Waals surface area (Å²) < 4.78 is 5.43. The lowest BCUT2D eigenvalue weighted by atomic mass is 10.1. The quantitative estimate of drug-likeness (QED) is 0.599. The van der Waals surface area contributed by atoms with E-state index in [2.05, 4.69) is 0 Å². The van der Waals surface area contributed by atoms with E-state index >= 15 is 0 Å². The molecule has 0 saturated heterocycles. The standard InChI is InChI=1S/C11H15ClN2O/c1-2-8-7-9(3-4-10(8)12)15-6-5-11(13)14/h3-4,7H,2,5-6H2,1H3,(H3,13,14). The van der Waals surface area contributed by atoms with Gasteiger partial charge in [-0.25, -0.2) is 0 Å². The molecule has 0 spiro atoms. The number of amidine groups is 1. The molecule has 1 aromatic rings. The Balaban J connectivity index is 2.58. The highest BCUT2D eigenvalue weighted by molar-refractivity contribution is 6.31. The van der Waals surface area contributed by atoms with Gasteiger partial charge in [0.2, 0.25) is 0 Å². The number of ether oxygens (including phenoxy) is 1. The van der Waals surface area contributed by atoms with E-state index in [1.54, 1.807) is 0 Å². The van der Waals surface area contributed by atoms with E-state index in [4.69, 9.17) is 27.5 Å². The fourth-order valence-corrected chi connectivity index (χ4v) is 1.44. The van der Waals surface area contributed by atoms with Crippen LogP contribution in [0.3, 0.4) is 0 Å². The van der Waals surface area contributed by atoms with Gasteiger partial charge in [0.05, 0.1) is 12.4 Å². The van der Waals surface area contributed by atoms with Gasteiger partial charge in [-0.2, -0.15) is 0 Å². The zero-order valence-electron chi connectivity index (χ0n) is 8.72. The molecule has 3 nitrogen and oxygen atoms in total. The maximum Gasteiger partial charge on any atom is 0.119 e. The number of nitrogens with one attached hydrogen (secondary N) is 1. The molecule has 0 aromatic heterocycles. The molecule has 1 rings (SSSR count). The molecule has 0 unspecified atom stereocenters. The Kier molecular flexibility index (Phi) is 4.43. The van der Waals surface area contributed by atoms with Gasteiger partial charge in [0.15, 0.2) is 0 Å². The Morgan fingerprint density at radius 3 is 2.87 bits per heavy atom. The smallest absolute Gasteiger partial charge is 0.119 e. The Morgan fingerprint density at radius 1 is 1.53 bits per heavy atom. The molecule has 0 radical (unpaired) electrons. The molecular formula is C11H15ClN2O. The molecular weight excluding hydrogens is 212 g/mol. The van der Waals surface area contributed by atoms with Crippen molar-refractivity contribution < 1.29 is 4.74 Å². The van der Waals surface area contributed by atoms with Gasteiger partial charge in [0.1, 0.15) is 5.75 Å². The van der Waals surface area contributed by atoms with Gasteiger partial charge in [-0.1, -0.05) is 18.5 Å². The fourth-order valence-electron chi connectivity index (χ4n) is 1.19. The predicted octanol–water partition coefficient (Wildman–Crippen LogP) is 2.61. The summed E-state index contributed by atoms with van der Waals surface area (Å²) in [6.45, 7) is 2.47. The summed E-state index contributed by atoms with van der Waals surface area (Å²) >= 11 is 5.97. The van der Waals surface area contributed by atoms with Gasteiger partial charge >= 0.3 is 0 Å². The third-order valence-corrected chi connectivity index (χ3v) is 2.41. The molecule has 1 aromatic carbocycles. The summed E-state index contributed by atoms with van der Waals surface area (Å²) in [6, 6.07) is 5.56. The van der Waals surface area contributed by atoms with Gasteiger partial charge < -0.3 is 10.5 Å². The van der Waals surface area contributed by atoms with Crippen LogP contribution in [0.1, 0.15) is 18.9 Å². The zero-order valence-corrected chi connectivity index (χ0v) is 9.47. The summed E-state index contributed by atoms with van der Waals surface area (Å²) in [4.78, 5) is 0. The zero-order chi connectivity index (χ0) is 11.3. The molecule has 82 valence electrons. The second kappa shape index (κ2) is 5.61. The average Bonchev–Trinajstić information content (AvgIpc) is 2.20. The lowest BCUT2D eigenvalue weighted by Crippen LogP contribution is -2.13. The average molecular weight is 227 g/mol. The Hall–Kier alpha value is -1.22. The SMILES string of the molecule is CCc1cc(OCCC(=N)N)ccc1Cl. The molecule has 0 atom stereocenters. The first kappa shape index (κ1) is 11.9. The minimum atomic E-state index is 0.139. The third kappa shape index (κ3) is 3.80. The maximum atomic E-state index is 7.05. The van der Waals surface area contributed by atoms with E-state index in [1.165, 1.54) is 0 Å². The number of nitrogens with two attached hydrogens (primary N) is 1.